The third-order valence-corrected chi connectivity index (χ3v) is 6.01. The number of fused-ring (bicyclic) bond motifs is 2. The second-order valence-corrected chi connectivity index (χ2v) is 7.08. The van der Waals surface area contributed by atoms with Gasteiger partial charge < -0.3 is 5.32 Å². The molecule has 1 N–H and O–H groups in total. The Kier molecular flexibility index (Phi) is 4.16. The first kappa shape index (κ1) is 14.1. The zero-order valence-electron chi connectivity index (χ0n) is 13.2. The van der Waals surface area contributed by atoms with Crippen molar-refractivity contribution in [2.45, 2.75) is 57.9 Å². The van der Waals surface area contributed by atoms with Crippen LogP contribution in [0.4, 0.5) is 0 Å². The maximum absolute atomic E-state index is 3.61. The lowest BCUT2D eigenvalue weighted by Gasteiger charge is -2.31. The minimum absolute atomic E-state index is 0.566. The molecule has 0 aliphatic heterocycles. The van der Waals surface area contributed by atoms with E-state index >= 15 is 0 Å². The largest absolute Gasteiger partial charge is 0.313 e. The smallest absolute Gasteiger partial charge is 0.0348 e. The summed E-state index contributed by atoms with van der Waals surface area (Å²) in [7, 11) is 2.14. The summed E-state index contributed by atoms with van der Waals surface area (Å²) >= 11 is 0. The van der Waals surface area contributed by atoms with E-state index in [0.29, 0.717) is 12.0 Å². The SMILES string of the molecule is CCC(C)c1ccc(C(NC)C2CC3CCC2C3)cc1. The predicted molar refractivity (Wildman–Crippen MR) is 85.9 cm³/mol. The third-order valence-electron chi connectivity index (χ3n) is 6.01. The number of benzene rings is 1. The number of nitrogens with one attached hydrogen (secondary N) is 1. The van der Waals surface area contributed by atoms with E-state index in [4.69, 9.17) is 0 Å². The Morgan fingerprint density at radius 2 is 1.80 bits per heavy atom. The highest BCUT2D eigenvalue weighted by Gasteiger charge is 2.42. The van der Waals surface area contributed by atoms with Gasteiger partial charge in [-0.05, 0) is 67.5 Å². The summed E-state index contributed by atoms with van der Waals surface area (Å²) in [6, 6.07) is 10.0. The van der Waals surface area contributed by atoms with Gasteiger partial charge in [0.25, 0.3) is 0 Å². The van der Waals surface area contributed by atoms with Gasteiger partial charge in [0.05, 0.1) is 0 Å². The lowest BCUT2D eigenvalue weighted by atomic mass is 9.80. The van der Waals surface area contributed by atoms with Crippen molar-refractivity contribution >= 4 is 0 Å². The van der Waals surface area contributed by atoms with Crippen LogP contribution in [0.25, 0.3) is 0 Å². The van der Waals surface area contributed by atoms with Crippen LogP contribution in [-0.4, -0.2) is 7.05 Å². The minimum Gasteiger partial charge on any atom is -0.313 e. The quantitative estimate of drug-likeness (QED) is 0.803. The molecule has 110 valence electrons. The molecule has 3 rings (SSSR count). The number of rotatable bonds is 5. The van der Waals surface area contributed by atoms with Crippen molar-refractivity contribution < 1.29 is 0 Å². The summed E-state index contributed by atoms with van der Waals surface area (Å²) in [6.45, 7) is 4.59. The normalized spacial score (nSPS) is 31.4. The molecule has 0 amide bonds. The van der Waals surface area contributed by atoms with Crippen molar-refractivity contribution in [3.63, 3.8) is 0 Å². The van der Waals surface area contributed by atoms with E-state index in [-0.39, 0.29) is 0 Å². The zero-order chi connectivity index (χ0) is 14.1. The zero-order valence-corrected chi connectivity index (χ0v) is 13.2. The Hall–Kier alpha value is -0.820. The summed E-state index contributed by atoms with van der Waals surface area (Å²) in [4.78, 5) is 0. The van der Waals surface area contributed by atoms with E-state index < -0.39 is 0 Å². The molecule has 2 fully saturated rings. The Morgan fingerprint density at radius 1 is 1.10 bits per heavy atom. The van der Waals surface area contributed by atoms with Crippen molar-refractivity contribution in [2.75, 3.05) is 7.05 Å². The fourth-order valence-electron chi connectivity index (χ4n) is 4.60. The van der Waals surface area contributed by atoms with E-state index in [1.54, 1.807) is 0 Å². The van der Waals surface area contributed by atoms with Gasteiger partial charge in [0, 0.05) is 6.04 Å². The van der Waals surface area contributed by atoms with Crippen LogP contribution in [0.5, 0.6) is 0 Å². The molecule has 5 atom stereocenters. The molecule has 0 aromatic heterocycles. The van der Waals surface area contributed by atoms with Crippen LogP contribution >= 0.6 is 0 Å². The van der Waals surface area contributed by atoms with Crippen molar-refractivity contribution in [3.8, 4) is 0 Å². The number of hydrogen-bond donors (Lipinski definition) is 1. The monoisotopic (exact) mass is 271 g/mol. The Balaban J connectivity index is 1.76. The second-order valence-electron chi connectivity index (χ2n) is 7.08. The fourth-order valence-corrected chi connectivity index (χ4v) is 4.60. The standard InChI is InChI=1S/C19H29N/c1-4-13(2)15-7-9-16(10-8-15)19(20-3)18-12-14-5-6-17(18)11-14/h7-10,13-14,17-20H,4-6,11-12H2,1-3H3. The summed E-state index contributed by atoms with van der Waals surface area (Å²) in [5, 5.41) is 3.61. The van der Waals surface area contributed by atoms with Gasteiger partial charge in [0.15, 0.2) is 0 Å². The highest BCUT2D eigenvalue weighted by Crippen LogP contribution is 2.52. The topological polar surface area (TPSA) is 12.0 Å². The molecule has 20 heavy (non-hydrogen) atoms. The lowest BCUT2D eigenvalue weighted by molar-refractivity contribution is 0.259. The van der Waals surface area contributed by atoms with Crippen molar-refractivity contribution in [3.05, 3.63) is 35.4 Å². The van der Waals surface area contributed by atoms with Gasteiger partial charge in [-0.1, -0.05) is 44.5 Å². The molecule has 0 radical (unpaired) electrons. The van der Waals surface area contributed by atoms with Gasteiger partial charge in [0.2, 0.25) is 0 Å². The minimum atomic E-state index is 0.566. The first-order valence-corrected chi connectivity index (χ1v) is 8.50. The molecule has 1 aromatic carbocycles. The van der Waals surface area contributed by atoms with Crippen LogP contribution in [0.15, 0.2) is 24.3 Å². The van der Waals surface area contributed by atoms with E-state index in [2.05, 4.69) is 50.5 Å². The van der Waals surface area contributed by atoms with Crippen LogP contribution in [0.3, 0.4) is 0 Å². The second kappa shape index (κ2) is 5.89. The molecule has 1 heteroatoms. The molecule has 2 aliphatic carbocycles. The first-order valence-electron chi connectivity index (χ1n) is 8.50. The highest BCUT2D eigenvalue weighted by molar-refractivity contribution is 5.28. The van der Waals surface area contributed by atoms with Crippen LogP contribution in [-0.2, 0) is 0 Å². The molecule has 2 aliphatic rings. The van der Waals surface area contributed by atoms with Crippen molar-refractivity contribution in [2.24, 2.45) is 17.8 Å². The van der Waals surface area contributed by atoms with Gasteiger partial charge in [0.1, 0.15) is 0 Å². The van der Waals surface area contributed by atoms with Gasteiger partial charge in [-0.2, -0.15) is 0 Å². The van der Waals surface area contributed by atoms with Gasteiger partial charge in [-0.25, -0.2) is 0 Å². The predicted octanol–water partition coefficient (Wildman–Crippen LogP) is 4.90. The average molecular weight is 271 g/mol. The van der Waals surface area contributed by atoms with Crippen molar-refractivity contribution in [1.29, 1.82) is 0 Å². The Morgan fingerprint density at radius 3 is 2.30 bits per heavy atom. The fraction of sp³-hybridized carbons (Fsp3) is 0.684. The molecule has 2 bridgehead atoms. The Labute approximate surface area is 124 Å². The van der Waals surface area contributed by atoms with Gasteiger partial charge in [-0.3, -0.25) is 0 Å². The van der Waals surface area contributed by atoms with E-state index in [1.165, 1.54) is 43.2 Å². The van der Waals surface area contributed by atoms with E-state index in [9.17, 15) is 0 Å². The molecule has 1 aromatic rings. The Bertz CT molecular complexity index is 436. The molecule has 5 unspecified atom stereocenters. The van der Waals surface area contributed by atoms with Gasteiger partial charge in [-0.15, -0.1) is 0 Å². The molecule has 2 saturated carbocycles. The molecule has 0 spiro atoms. The van der Waals surface area contributed by atoms with Crippen LogP contribution in [0.1, 0.15) is 69.0 Å². The molecule has 0 heterocycles. The van der Waals surface area contributed by atoms with Crippen LogP contribution < -0.4 is 5.32 Å². The first-order chi connectivity index (χ1) is 9.72. The maximum atomic E-state index is 3.61. The highest BCUT2D eigenvalue weighted by atomic mass is 14.9. The summed E-state index contributed by atoms with van der Waals surface area (Å²) < 4.78 is 0. The van der Waals surface area contributed by atoms with Crippen molar-refractivity contribution in [1.82, 2.24) is 5.32 Å². The summed E-state index contributed by atoms with van der Waals surface area (Å²) in [6.07, 6.45) is 7.13. The molecular formula is C19H29N. The number of hydrogen-bond acceptors (Lipinski definition) is 1. The average Bonchev–Trinajstić information content (AvgIpc) is 3.11. The van der Waals surface area contributed by atoms with Gasteiger partial charge >= 0.3 is 0 Å². The van der Waals surface area contributed by atoms with E-state index in [1.807, 2.05) is 0 Å². The maximum Gasteiger partial charge on any atom is 0.0348 e. The third kappa shape index (κ3) is 2.53. The van der Waals surface area contributed by atoms with Crippen LogP contribution in [0, 0.1) is 17.8 Å². The molecule has 0 saturated heterocycles. The van der Waals surface area contributed by atoms with Crippen LogP contribution in [0.2, 0.25) is 0 Å². The summed E-state index contributed by atoms with van der Waals surface area (Å²) in [5.74, 6) is 3.56. The van der Waals surface area contributed by atoms with E-state index in [0.717, 1.165) is 17.8 Å². The summed E-state index contributed by atoms with van der Waals surface area (Å²) in [5.41, 5.74) is 2.98. The molecular weight excluding hydrogens is 242 g/mol. The lowest BCUT2D eigenvalue weighted by Crippen LogP contribution is -2.28. The molecule has 1 nitrogen and oxygen atoms in total.